The highest BCUT2D eigenvalue weighted by Gasteiger charge is 2.09. The van der Waals surface area contributed by atoms with Crippen LogP contribution in [-0.2, 0) is 0 Å². The molecule has 1 heterocycles. The predicted octanol–water partition coefficient (Wildman–Crippen LogP) is 1.86. The lowest BCUT2D eigenvalue weighted by atomic mass is 10.2. The number of aromatic nitrogens is 1. The number of rotatable bonds is 3. The van der Waals surface area contributed by atoms with E-state index in [0.717, 1.165) is 0 Å². The molecule has 1 rings (SSSR count). The first-order valence-corrected chi connectivity index (χ1v) is 4.15. The molecular weight excluding hydrogens is 192 g/mol. The number of anilines is 1. The highest BCUT2D eigenvalue weighted by atomic mass is 35.5. The fourth-order valence-corrected chi connectivity index (χ4v) is 1.06. The van der Waals surface area contributed by atoms with Gasteiger partial charge in [0, 0.05) is 12.7 Å². The van der Waals surface area contributed by atoms with E-state index in [1.54, 1.807) is 0 Å². The van der Waals surface area contributed by atoms with Crippen LogP contribution in [0.5, 0.6) is 0 Å². The van der Waals surface area contributed by atoms with Crippen molar-refractivity contribution in [3.05, 3.63) is 22.8 Å². The van der Waals surface area contributed by atoms with E-state index in [1.807, 2.05) is 6.92 Å². The Kier molecular flexibility index (Phi) is 3.08. The van der Waals surface area contributed by atoms with Crippen molar-refractivity contribution in [2.45, 2.75) is 6.92 Å². The summed E-state index contributed by atoms with van der Waals surface area (Å²) < 4.78 is 0. The zero-order valence-corrected chi connectivity index (χ0v) is 7.80. The second-order valence-corrected chi connectivity index (χ2v) is 2.79. The quantitative estimate of drug-likeness (QED) is 0.782. The number of halogens is 1. The molecule has 0 aliphatic carbocycles. The summed E-state index contributed by atoms with van der Waals surface area (Å²) in [5.41, 5.74) is 0.0626. The number of hydrogen-bond acceptors (Lipinski definition) is 3. The normalized spacial score (nSPS) is 9.69. The van der Waals surface area contributed by atoms with E-state index in [0.29, 0.717) is 12.4 Å². The van der Waals surface area contributed by atoms with Crippen LogP contribution in [0.3, 0.4) is 0 Å². The number of hydrogen-bond donors (Lipinski definition) is 2. The molecule has 0 bridgehead atoms. The van der Waals surface area contributed by atoms with Gasteiger partial charge in [-0.1, -0.05) is 11.6 Å². The fourth-order valence-electron chi connectivity index (χ4n) is 0.880. The first-order chi connectivity index (χ1) is 6.15. The van der Waals surface area contributed by atoms with Crippen LogP contribution in [0.1, 0.15) is 17.3 Å². The van der Waals surface area contributed by atoms with Crippen molar-refractivity contribution in [3.8, 4) is 0 Å². The molecule has 0 saturated heterocycles. The monoisotopic (exact) mass is 200 g/mol. The maximum Gasteiger partial charge on any atom is 0.337 e. The minimum atomic E-state index is -1.05. The number of pyridine rings is 1. The van der Waals surface area contributed by atoms with Crippen molar-refractivity contribution < 1.29 is 9.90 Å². The molecule has 0 aliphatic heterocycles. The highest BCUT2D eigenvalue weighted by Crippen LogP contribution is 2.17. The minimum absolute atomic E-state index is 0.0626. The summed E-state index contributed by atoms with van der Waals surface area (Å²) in [6.45, 7) is 2.59. The van der Waals surface area contributed by atoms with E-state index in [4.69, 9.17) is 16.7 Å². The summed E-state index contributed by atoms with van der Waals surface area (Å²) in [6.07, 6.45) is 1.32. The van der Waals surface area contributed by atoms with Gasteiger partial charge in [-0.3, -0.25) is 0 Å². The number of aromatic carboxylic acids is 1. The van der Waals surface area contributed by atoms with E-state index in [-0.39, 0.29) is 10.6 Å². The maximum atomic E-state index is 10.6. The molecule has 0 saturated carbocycles. The van der Waals surface area contributed by atoms with Crippen LogP contribution in [0.25, 0.3) is 0 Å². The smallest absolute Gasteiger partial charge is 0.337 e. The van der Waals surface area contributed by atoms with Crippen LogP contribution in [0, 0.1) is 0 Å². The molecule has 0 atom stereocenters. The highest BCUT2D eigenvalue weighted by molar-refractivity contribution is 6.33. The molecule has 0 aliphatic rings. The van der Waals surface area contributed by atoms with Gasteiger partial charge in [0.05, 0.1) is 10.6 Å². The lowest BCUT2D eigenvalue weighted by Crippen LogP contribution is -2.03. The van der Waals surface area contributed by atoms with Crippen molar-refractivity contribution >= 4 is 23.4 Å². The first-order valence-electron chi connectivity index (χ1n) is 3.78. The largest absolute Gasteiger partial charge is 0.478 e. The molecule has 0 spiro atoms. The molecule has 0 aromatic carbocycles. The second kappa shape index (κ2) is 4.09. The average molecular weight is 201 g/mol. The van der Waals surface area contributed by atoms with Crippen LogP contribution < -0.4 is 5.32 Å². The van der Waals surface area contributed by atoms with Gasteiger partial charge in [0.15, 0.2) is 0 Å². The molecular formula is C8H9ClN2O2. The van der Waals surface area contributed by atoms with Crippen molar-refractivity contribution in [2.24, 2.45) is 0 Å². The number of carboxylic acid groups (broad SMARTS) is 1. The molecule has 0 radical (unpaired) electrons. The Hall–Kier alpha value is -1.29. The summed E-state index contributed by atoms with van der Waals surface area (Å²) >= 11 is 5.62. The lowest BCUT2D eigenvalue weighted by molar-refractivity contribution is 0.0697. The Morgan fingerprint density at radius 3 is 3.00 bits per heavy atom. The molecule has 0 unspecified atom stereocenters. The Bertz CT molecular complexity index is 328. The third kappa shape index (κ3) is 2.32. The van der Waals surface area contributed by atoms with Crippen LogP contribution in [0.15, 0.2) is 12.3 Å². The summed E-state index contributed by atoms with van der Waals surface area (Å²) in [5, 5.41) is 11.8. The molecule has 0 fully saturated rings. The Labute approximate surface area is 80.6 Å². The molecule has 13 heavy (non-hydrogen) atoms. The Balaban J connectivity index is 3.04. The molecule has 2 N–H and O–H groups in total. The third-order valence-corrected chi connectivity index (χ3v) is 1.74. The van der Waals surface area contributed by atoms with E-state index < -0.39 is 5.97 Å². The zero-order chi connectivity index (χ0) is 9.84. The van der Waals surface area contributed by atoms with Gasteiger partial charge in [0.1, 0.15) is 5.82 Å². The maximum absolute atomic E-state index is 10.6. The molecule has 1 aromatic heterocycles. The summed E-state index contributed by atoms with van der Waals surface area (Å²) in [4.78, 5) is 14.5. The molecule has 0 amide bonds. The standard InChI is InChI=1S/C8H9ClN2O2/c1-2-10-7-3-5(8(12)13)6(9)4-11-7/h3-4H,2H2,1H3,(H,10,11)(H,12,13). The second-order valence-electron chi connectivity index (χ2n) is 2.38. The Morgan fingerprint density at radius 2 is 2.46 bits per heavy atom. The fraction of sp³-hybridized carbons (Fsp3) is 0.250. The van der Waals surface area contributed by atoms with Crippen LogP contribution >= 0.6 is 11.6 Å². The van der Waals surface area contributed by atoms with E-state index in [2.05, 4.69) is 10.3 Å². The third-order valence-electron chi connectivity index (χ3n) is 1.44. The number of nitrogens with zero attached hydrogens (tertiary/aromatic N) is 1. The van der Waals surface area contributed by atoms with Gasteiger partial charge in [0.25, 0.3) is 0 Å². The van der Waals surface area contributed by atoms with Gasteiger partial charge in [-0.05, 0) is 13.0 Å². The van der Waals surface area contributed by atoms with Crippen molar-refractivity contribution in [3.63, 3.8) is 0 Å². The van der Waals surface area contributed by atoms with Gasteiger partial charge < -0.3 is 10.4 Å². The molecule has 5 heteroatoms. The van der Waals surface area contributed by atoms with E-state index >= 15 is 0 Å². The topological polar surface area (TPSA) is 62.2 Å². The number of carbonyl (C=O) groups is 1. The van der Waals surface area contributed by atoms with Gasteiger partial charge in [-0.25, -0.2) is 9.78 Å². The van der Waals surface area contributed by atoms with E-state index in [1.165, 1.54) is 12.3 Å². The van der Waals surface area contributed by atoms with Gasteiger partial charge in [-0.15, -0.1) is 0 Å². The Morgan fingerprint density at radius 1 is 1.77 bits per heavy atom. The van der Waals surface area contributed by atoms with Gasteiger partial charge in [-0.2, -0.15) is 0 Å². The van der Waals surface area contributed by atoms with Crippen LogP contribution in [0.2, 0.25) is 5.02 Å². The summed E-state index contributed by atoms with van der Waals surface area (Å²) in [5.74, 6) is -0.532. The zero-order valence-electron chi connectivity index (χ0n) is 7.04. The van der Waals surface area contributed by atoms with Crippen molar-refractivity contribution in [2.75, 3.05) is 11.9 Å². The average Bonchev–Trinajstić information content (AvgIpc) is 2.08. The molecule has 1 aromatic rings. The van der Waals surface area contributed by atoms with Crippen molar-refractivity contribution in [1.82, 2.24) is 4.98 Å². The predicted molar refractivity (Wildman–Crippen MR) is 50.4 cm³/mol. The van der Waals surface area contributed by atoms with Crippen LogP contribution in [0.4, 0.5) is 5.82 Å². The van der Waals surface area contributed by atoms with Crippen molar-refractivity contribution in [1.29, 1.82) is 0 Å². The van der Waals surface area contributed by atoms with Gasteiger partial charge in [0.2, 0.25) is 0 Å². The SMILES string of the molecule is CCNc1cc(C(=O)O)c(Cl)cn1. The number of carboxylic acids is 1. The summed E-state index contributed by atoms with van der Waals surface area (Å²) in [7, 11) is 0. The van der Waals surface area contributed by atoms with Crippen LogP contribution in [-0.4, -0.2) is 22.6 Å². The minimum Gasteiger partial charge on any atom is -0.478 e. The number of nitrogens with one attached hydrogen (secondary N) is 1. The first kappa shape index (κ1) is 9.80. The molecule has 70 valence electrons. The summed E-state index contributed by atoms with van der Waals surface area (Å²) in [6, 6.07) is 1.41. The lowest BCUT2D eigenvalue weighted by Gasteiger charge is -2.03. The molecule has 4 nitrogen and oxygen atoms in total. The van der Waals surface area contributed by atoms with Gasteiger partial charge >= 0.3 is 5.97 Å². The van der Waals surface area contributed by atoms with E-state index in [9.17, 15) is 4.79 Å².